The molecule has 1 fully saturated rings. The Morgan fingerprint density at radius 2 is 1.82 bits per heavy atom. The molecule has 2 aliphatic rings. The molecule has 3 heterocycles. The Morgan fingerprint density at radius 3 is 2.56 bits per heavy atom. The highest BCUT2D eigenvalue weighted by molar-refractivity contribution is 7.09. The van der Waals surface area contributed by atoms with Crippen molar-refractivity contribution in [3.63, 3.8) is 0 Å². The number of hydrogen-bond donors (Lipinski definition) is 1. The van der Waals surface area contributed by atoms with Crippen LogP contribution in [0.5, 0.6) is 11.5 Å². The van der Waals surface area contributed by atoms with Crippen LogP contribution in [0.3, 0.4) is 0 Å². The van der Waals surface area contributed by atoms with E-state index in [0.29, 0.717) is 49.7 Å². The van der Waals surface area contributed by atoms with Crippen molar-refractivity contribution in [1.29, 1.82) is 0 Å². The molecular formula is C29H32N4O5S. The lowest BCUT2D eigenvalue weighted by molar-refractivity contribution is -0.135. The fourth-order valence-electron chi connectivity index (χ4n) is 4.88. The number of aromatic nitrogens is 1. The lowest BCUT2D eigenvalue weighted by atomic mass is 10.0. The molecule has 3 aromatic rings. The van der Waals surface area contributed by atoms with Crippen molar-refractivity contribution >= 4 is 29.1 Å². The lowest BCUT2D eigenvalue weighted by Crippen LogP contribution is -2.58. The van der Waals surface area contributed by atoms with Crippen LogP contribution in [0.2, 0.25) is 0 Å². The van der Waals surface area contributed by atoms with Crippen LogP contribution in [0.1, 0.15) is 39.5 Å². The molecule has 3 amide bonds. The third-order valence-corrected chi connectivity index (χ3v) is 7.73. The maximum atomic E-state index is 13.1. The van der Waals surface area contributed by atoms with E-state index in [4.69, 9.17) is 9.47 Å². The number of nitrogens with zero attached hydrogens (tertiary/aromatic N) is 3. The van der Waals surface area contributed by atoms with Gasteiger partial charge in [-0.2, -0.15) is 0 Å². The second-order valence-electron chi connectivity index (χ2n) is 9.96. The SMILES string of the molecule is Cc1nc(C(=O)N2CC[C@H]3OCc4cccc(c4)Oc4cccc(c4)CCC(=O)N(C)CC(=O)N[C@H]3C2)cs1. The highest BCUT2D eigenvalue weighted by atomic mass is 32.1. The van der Waals surface area contributed by atoms with E-state index in [1.54, 1.807) is 17.3 Å². The zero-order valence-corrected chi connectivity index (χ0v) is 22.9. The Labute approximate surface area is 231 Å². The smallest absolute Gasteiger partial charge is 0.273 e. The van der Waals surface area contributed by atoms with Gasteiger partial charge >= 0.3 is 0 Å². The van der Waals surface area contributed by atoms with Crippen LogP contribution in [-0.2, 0) is 27.4 Å². The molecule has 4 bridgehead atoms. The van der Waals surface area contributed by atoms with Gasteiger partial charge in [0.15, 0.2) is 0 Å². The third-order valence-electron chi connectivity index (χ3n) is 6.95. The molecule has 2 atom stereocenters. The largest absolute Gasteiger partial charge is 0.457 e. The summed E-state index contributed by atoms with van der Waals surface area (Å²) >= 11 is 1.43. The fourth-order valence-corrected chi connectivity index (χ4v) is 5.46. The van der Waals surface area contributed by atoms with Crippen LogP contribution in [0.25, 0.3) is 0 Å². The number of ether oxygens (including phenoxy) is 2. The Balaban J connectivity index is 1.37. The monoisotopic (exact) mass is 548 g/mol. The Morgan fingerprint density at radius 1 is 1.08 bits per heavy atom. The predicted octanol–water partition coefficient (Wildman–Crippen LogP) is 3.56. The van der Waals surface area contributed by atoms with Gasteiger partial charge in [0.25, 0.3) is 5.91 Å². The molecule has 0 radical (unpaired) electrons. The molecule has 0 spiro atoms. The number of nitrogens with one attached hydrogen (secondary N) is 1. The first kappa shape index (κ1) is 26.8. The number of thiazole rings is 1. The number of carbonyl (C=O) groups is 3. The van der Waals surface area contributed by atoms with Gasteiger partial charge < -0.3 is 24.6 Å². The zero-order chi connectivity index (χ0) is 27.4. The van der Waals surface area contributed by atoms with E-state index in [1.807, 2.05) is 55.5 Å². The zero-order valence-electron chi connectivity index (χ0n) is 22.1. The molecule has 39 heavy (non-hydrogen) atoms. The van der Waals surface area contributed by atoms with Gasteiger partial charge in [-0.1, -0.05) is 24.3 Å². The molecule has 5 rings (SSSR count). The molecule has 0 unspecified atom stereocenters. The first-order valence-corrected chi connectivity index (χ1v) is 13.9. The summed E-state index contributed by atoms with van der Waals surface area (Å²) in [4.78, 5) is 46.4. The highest BCUT2D eigenvalue weighted by Crippen LogP contribution is 2.25. The normalized spacial score (nSPS) is 20.8. The van der Waals surface area contributed by atoms with Gasteiger partial charge in [-0.25, -0.2) is 4.98 Å². The highest BCUT2D eigenvalue weighted by Gasteiger charge is 2.34. The fraction of sp³-hybridized carbons (Fsp3) is 0.379. The van der Waals surface area contributed by atoms with Gasteiger partial charge in [0.1, 0.15) is 17.2 Å². The Hall–Kier alpha value is -3.76. The van der Waals surface area contributed by atoms with Crippen molar-refractivity contribution in [1.82, 2.24) is 20.1 Å². The standard InChI is InChI=1S/C29H32N4O5S/c1-19-30-25(18-39-19)29(36)33-12-11-26-24(15-33)31-27(34)16-32(2)28(35)10-9-20-5-3-7-22(13-20)38-23-8-4-6-21(14-23)17-37-26/h3-8,13-14,18,24,26H,9-12,15-17H2,1-2H3,(H,31,34)/t24-,26+/m0/s1. The number of likely N-dealkylation sites (N-methyl/N-ethyl adjacent to an activating group) is 1. The summed E-state index contributed by atoms with van der Waals surface area (Å²) in [5, 5.41) is 5.62. The molecule has 1 N–H and O–H groups in total. The van der Waals surface area contributed by atoms with Crippen LogP contribution in [0, 0.1) is 6.92 Å². The summed E-state index contributed by atoms with van der Waals surface area (Å²) in [5.74, 6) is 0.805. The minimum Gasteiger partial charge on any atom is -0.457 e. The van der Waals surface area contributed by atoms with Crippen molar-refractivity contribution in [2.45, 2.75) is 44.9 Å². The second kappa shape index (κ2) is 12.0. The Bertz CT molecular complexity index is 1360. The van der Waals surface area contributed by atoms with Gasteiger partial charge in [0.2, 0.25) is 11.8 Å². The van der Waals surface area contributed by atoms with Gasteiger partial charge in [0, 0.05) is 31.9 Å². The summed E-state index contributed by atoms with van der Waals surface area (Å²) in [6.45, 7) is 2.89. The van der Waals surface area contributed by atoms with Crippen LogP contribution in [0.15, 0.2) is 53.9 Å². The molecular weight excluding hydrogens is 516 g/mol. The molecule has 1 aromatic heterocycles. The molecule has 2 aliphatic heterocycles. The van der Waals surface area contributed by atoms with Crippen molar-refractivity contribution in [2.75, 3.05) is 26.7 Å². The topological polar surface area (TPSA) is 101 Å². The average molecular weight is 549 g/mol. The average Bonchev–Trinajstić information content (AvgIpc) is 3.36. The van der Waals surface area contributed by atoms with Crippen molar-refractivity contribution in [2.24, 2.45) is 0 Å². The number of benzene rings is 2. The van der Waals surface area contributed by atoms with E-state index >= 15 is 0 Å². The van der Waals surface area contributed by atoms with E-state index in [2.05, 4.69) is 10.3 Å². The maximum Gasteiger partial charge on any atom is 0.273 e. The number of hydrogen-bond acceptors (Lipinski definition) is 7. The summed E-state index contributed by atoms with van der Waals surface area (Å²) in [6.07, 6.45) is 1.05. The van der Waals surface area contributed by atoms with E-state index in [9.17, 15) is 14.4 Å². The minimum atomic E-state index is -0.434. The van der Waals surface area contributed by atoms with E-state index < -0.39 is 6.04 Å². The van der Waals surface area contributed by atoms with Crippen LogP contribution < -0.4 is 10.1 Å². The summed E-state index contributed by atoms with van der Waals surface area (Å²) in [5.41, 5.74) is 2.33. The second-order valence-corrected chi connectivity index (χ2v) is 11.0. The number of likely N-dealkylation sites (tertiary alicyclic amines) is 1. The number of carbonyl (C=O) groups excluding carboxylic acids is 3. The third kappa shape index (κ3) is 6.82. The maximum absolute atomic E-state index is 13.1. The van der Waals surface area contributed by atoms with Crippen LogP contribution >= 0.6 is 11.3 Å². The first-order valence-electron chi connectivity index (χ1n) is 13.1. The summed E-state index contributed by atoms with van der Waals surface area (Å²) < 4.78 is 12.4. The first-order chi connectivity index (χ1) is 18.8. The van der Waals surface area contributed by atoms with Crippen LogP contribution in [0.4, 0.5) is 0 Å². The lowest BCUT2D eigenvalue weighted by Gasteiger charge is -2.38. The number of piperidine rings is 1. The molecule has 0 saturated carbocycles. The van der Waals surface area contributed by atoms with E-state index in [1.165, 1.54) is 16.2 Å². The molecule has 0 aliphatic carbocycles. The van der Waals surface area contributed by atoms with Crippen molar-refractivity contribution in [3.05, 3.63) is 75.7 Å². The Kier molecular flexibility index (Phi) is 8.23. The van der Waals surface area contributed by atoms with Crippen molar-refractivity contribution in [3.8, 4) is 11.5 Å². The van der Waals surface area contributed by atoms with Crippen molar-refractivity contribution < 1.29 is 23.9 Å². The van der Waals surface area contributed by atoms with Gasteiger partial charge in [-0.05, 0) is 55.2 Å². The van der Waals surface area contributed by atoms with Crippen LogP contribution in [-0.4, -0.2) is 71.3 Å². The molecule has 10 heteroatoms. The number of aryl methyl sites for hydroxylation is 2. The summed E-state index contributed by atoms with van der Waals surface area (Å²) in [7, 11) is 1.63. The number of amides is 3. The molecule has 1 saturated heterocycles. The quantitative estimate of drug-likeness (QED) is 0.499. The predicted molar refractivity (Wildman–Crippen MR) is 147 cm³/mol. The van der Waals surface area contributed by atoms with E-state index in [0.717, 1.165) is 16.1 Å². The minimum absolute atomic E-state index is 0.0769. The summed E-state index contributed by atoms with van der Waals surface area (Å²) in [6, 6.07) is 15.0. The van der Waals surface area contributed by atoms with Gasteiger partial charge in [-0.15, -0.1) is 11.3 Å². The number of rotatable bonds is 1. The molecule has 9 nitrogen and oxygen atoms in total. The molecule has 204 valence electrons. The van der Waals surface area contributed by atoms with Gasteiger partial charge in [-0.3, -0.25) is 14.4 Å². The number of fused-ring (bicyclic) bond motifs is 5. The van der Waals surface area contributed by atoms with Gasteiger partial charge in [0.05, 0.1) is 30.3 Å². The van der Waals surface area contributed by atoms with E-state index in [-0.39, 0.29) is 36.8 Å². The molecule has 2 aromatic carbocycles.